The lowest BCUT2D eigenvalue weighted by Gasteiger charge is -2.27. The van der Waals surface area contributed by atoms with Crippen molar-refractivity contribution in [3.05, 3.63) is 65.2 Å². The highest BCUT2D eigenvalue weighted by molar-refractivity contribution is 5.89. The predicted molar refractivity (Wildman–Crippen MR) is 116 cm³/mol. The molecule has 0 aliphatic carbocycles. The molecule has 0 saturated carbocycles. The summed E-state index contributed by atoms with van der Waals surface area (Å²) in [4.78, 5) is 12.4. The Hall–Kier alpha value is -2.58. The van der Waals surface area contributed by atoms with Gasteiger partial charge in [0.25, 0.3) is 0 Å². The molecule has 0 spiro atoms. The number of hydrogen-bond donors (Lipinski definition) is 2. The van der Waals surface area contributed by atoms with E-state index >= 15 is 0 Å². The minimum atomic E-state index is -4.32. The van der Waals surface area contributed by atoms with Crippen molar-refractivity contribution < 1.29 is 27.4 Å². The van der Waals surface area contributed by atoms with E-state index < -0.39 is 30.8 Å². The number of hydrogen-bond acceptors (Lipinski definition) is 5. The summed E-state index contributed by atoms with van der Waals surface area (Å²) in [6, 6.07) is 13.3. The van der Waals surface area contributed by atoms with Gasteiger partial charge in [-0.25, -0.2) is 4.79 Å². The molecular formula is C24H29F3N2O3. The van der Waals surface area contributed by atoms with Crippen LogP contribution < -0.4 is 15.4 Å². The van der Waals surface area contributed by atoms with Crippen LogP contribution in [0.2, 0.25) is 0 Å². The predicted octanol–water partition coefficient (Wildman–Crippen LogP) is 4.56. The average molecular weight is 451 g/mol. The third-order valence-electron chi connectivity index (χ3n) is 5.36. The van der Waals surface area contributed by atoms with E-state index in [1.807, 2.05) is 31.2 Å². The van der Waals surface area contributed by atoms with Crippen LogP contribution in [0.25, 0.3) is 0 Å². The molecule has 0 radical (unpaired) electrons. The summed E-state index contributed by atoms with van der Waals surface area (Å²) in [5.41, 5.74) is 2.20. The van der Waals surface area contributed by atoms with Crippen molar-refractivity contribution in [1.29, 1.82) is 0 Å². The van der Waals surface area contributed by atoms with Gasteiger partial charge in [-0.2, -0.15) is 13.2 Å². The van der Waals surface area contributed by atoms with Crippen molar-refractivity contribution in [1.82, 2.24) is 10.6 Å². The van der Waals surface area contributed by atoms with E-state index in [9.17, 15) is 18.0 Å². The van der Waals surface area contributed by atoms with Gasteiger partial charge in [-0.1, -0.05) is 29.8 Å². The Bertz CT molecular complexity index is 864. The van der Waals surface area contributed by atoms with Crippen LogP contribution in [-0.4, -0.2) is 43.9 Å². The van der Waals surface area contributed by atoms with Gasteiger partial charge in [-0.15, -0.1) is 0 Å². The zero-order chi connectivity index (χ0) is 23.1. The number of benzene rings is 2. The van der Waals surface area contributed by atoms with Gasteiger partial charge in [0, 0.05) is 12.6 Å². The summed E-state index contributed by atoms with van der Waals surface area (Å²) in [5.74, 6) is 0.0488. The number of halogens is 3. The van der Waals surface area contributed by atoms with Crippen molar-refractivity contribution in [2.24, 2.45) is 0 Å². The van der Waals surface area contributed by atoms with Crippen molar-refractivity contribution in [3.8, 4) is 5.75 Å². The van der Waals surface area contributed by atoms with Gasteiger partial charge in [0.1, 0.15) is 18.0 Å². The molecule has 1 heterocycles. The van der Waals surface area contributed by atoms with Crippen LogP contribution in [0.1, 0.15) is 47.4 Å². The van der Waals surface area contributed by atoms with Crippen LogP contribution in [0.4, 0.5) is 13.2 Å². The van der Waals surface area contributed by atoms with E-state index in [0.29, 0.717) is 17.9 Å². The zero-order valence-corrected chi connectivity index (χ0v) is 18.2. The van der Waals surface area contributed by atoms with E-state index in [1.165, 1.54) is 0 Å². The number of carbonyl (C=O) groups excluding carboxylic acids is 1. The van der Waals surface area contributed by atoms with E-state index in [0.717, 1.165) is 30.5 Å². The maximum Gasteiger partial charge on any atom is 0.401 e. The zero-order valence-electron chi connectivity index (χ0n) is 18.2. The molecule has 32 heavy (non-hydrogen) atoms. The topological polar surface area (TPSA) is 59.6 Å². The molecule has 3 rings (SSSR count). The highest BCUT2D eigenvalue weighted by atomic mass is 19.4. The number of nitrogens with one attached hydrogen (secondary N) is 2. The fraction of sp³-hybridized carbons (Fsp3) is 0.458. The Labute approximate surface area is 186 Å². The lowest BCUT2D eigenvalue weighted by molar-refractivity contribution is -0.127. The van der Waals surface area contributed by atoms with Crippen LogP contribution in [0, 0.1) is 6.92 Å². The molecule has 3 atom stereocenters. The van der Waals surface area contributed by atoms with Gasteiger partial charge >= 0.3 is 12.1 Å². The summed E-state index contributed by atoms with van der Waals surface area (Å²) in [6.07, 6.45) is -3.31. The molecule has 1 aliphatic heterocycles. The molecule has 2 aromatic rings. The largest absolute Gasteiger partial charge is 0.484 e. The standard InChI is InChI=1S/C24H29F3N2O3/c1-16-5-7-18(8-6-16)22(17(2)29-15-24(25,26)27)31-20-11-9-19(10-12-20)23(30)32-21-4-3-13-28-14-21/h5-12,17,21-22,28-29H,3-4,13-15H2,1-2H3/t17-,21-,22-/m0/s1. The number of piperidine rings is 1. The smallest absolute Gasteiger partial charge is 0.401 e. The highest BCUT2D eigenvalue weighted by Gasteiger charge is 2.30. The lowest BCUT2D eigenvalue weighted by Crippen LogP contribution is -2.40. The Kier molecular flexibility index (Phi) is 8.15. The first-order chi connectivity index (χ1) is 15.2. The number of rotatable bonds is 8. The van der Waals surface area contributed by atoms with Crippen molar-refractivity contribution in [2.75, 3.05) is 19.6 Å². The Morgan fingerprint density at radius 1 is 1.16 bits per heavy atom. The summed E-state index contributed by atoms with van der Waals surface area (Å²) < 4.78 is 49.7. The first kappa shape index (κ1) is 24.1. The third-order valence-corrected chi connectivity index (χ3v) is 5.36. The molecule has 2 aromatic carbocycles. The summed E-state index contributed by atoms with van der Waals surface area (Å²) in [6.45, 7) is 4.06. The van der Waals surface area contributed by atoms with E-state index in [-0.39, 0.29) is 6.10 Å². The molecule has 174 valence electrons. The molecule has 1 aliphatic rings. The average Bonchev–Trinajstić information content (AvgIpc) is 2.77. The van der Waals surface area contributed by atoms with Crippen molar-refractivity contribution >= 4 is 5.97 Å². The minimum absolute atomic E-state index is 0.140. The molecule has 8 heteroatoms. The van der Waals surface area contributed by atoms with Gasteiger partial charge in [0.15, 0.2) is 0 Å². The molecule has 0 amide bonds. The van der Waals surface area contributed by atoms with Gasteiger partial charge in [-0.05, 0) is 63.1 Å². The number of aryl methyl sites for hydroxylation is 1. The number of esters is 1. The monoisotopic (exact) mass is 450 g/mol. The fourth-order valence-corrected chi connectivity index (χ4v) is 3.55. The molecule has 1 saturated heterocycles. The molecule has 0 bridgehead atoms. The van der Waals surface area contributed by atoms with E-state index in [1.54, 1.807) is 31.2 Å². The quantitative estimate of drug-likeness (QED) is 0.578. The molecule has 1 fully saturated rings. The maximum atomic E-state index is 12.7. The van der Waals surface area contributed by atoms with Crippen LogP contribution >= 0.6 is 0 Å². The number of alkyl halides is 3. The summed E-state index contributed by atoms with van der Waals surface area (Å²) in [5, 5.41) is 5.70. The normalized spacial score (nSPS) is 18.6. The molecule has 0 unspecified atom stereocenters. The number of ether oxygens (including phenoxy) is 2. The lowest BCUT2D eigenvalue weighted by atomic mass is 10.0. The maximum absolute atomic E-state index is 12.7. The summed E-state index contributed by atoms with van der Waals surface area (Å²) >= 11 is 0. The van der Waals surface area contributed by atoms with Gasteiger partial charge in [0.05, 0.1) is 12.1 Å². The van der Waals surface area contributed by atoms with E-state index in [2.05, 4.69) is 10.6 Å². The van der Waals surface area contributed by atoms with Gasteiger partial charge in [0.2, 0.25) is 0 Å². The second-order valence-corrected chi connectivity index (χ2v) is 8.13. The molecule has 2 N–H and O–H groups in total. The van der Waals surface area contributed by atoms with Gasteiger partial charge in [-0.3, -0.25) is 0 Å². The second-order valence-electron chi connectivity index (χ2n) is 8.13. The van der Waals surface area contributed by atoms with Crippen LogP contribution in [0.3, 0.4) is 0 Å². The molecule has 0 aromatic heterocycles. The fourth-order valence-electron chi connectivity index (χ4n) is 3.55. The van der Waals surface area contributed by atoms with E-state index in [4.69, 9.17) is 9.47 Å². The first-order valence-electron chi connectivity index (χ1n) is 10.8. The Balaban J connectivity index is 1.69. The molecular weight excluding hydrogens is 421 g/mol. The minimum Gasteiger partial charge on any atom is -0.484 e. The Morgan fingerprint density at radius 3 is 2.44 bits per heavy atom. The first-order valence-corrected chi connectivity index (χ1v) is 10.8. The third kappa shape index (κ3) is 7.24. The number of carbonyl (C=O) groups is 1. The van der Waals surface area contributed by atoms with Gasteiger partial charge < -0.3 is 20.1 Å². The van der Waals surface area contributed by atoms with Crippen molar-refractivity contribution in [2.45, 2.75) is 51.1 Å². The van der Waals surface area contributed by atoms with Crippen molar-refractivity contribution in [3.63, 3.8) is 0 Å². The second kappa shape index (κ2) is 10.8. The van der Waals surface area contributed by atoms with Crippen LogP contribution in [-0.2, 0) is 4.74 Å². The molecule has 5 nitrogen and oxygen atoms in total. The summed E-state index contributed by atoms with van der Waals surface area (Å²) in [7, 11) is 0. The van der Waals surface area contributed by atoms with Crippen LogP contribution in [0.15, 0.2) is 48.5 Å². The highest BCUT2D eigenvalue weighted by Crippen LogP contribution is 2.27. The SMILES string of the molecule is Cc1ccc([C@@H](Oc2ccc(C(=O)O[C@H]3CCCNC3)cc2)[C@H](C)NCC(F)(F)F)cc1. The Morgan fingerprint density at radius 2 is 1.84 bits per heavy atom. The van der Waals surface area contributed by atoms with Crippen LogP contribution in [0.5, 0.6) is 5.75 Å².